The summed E-state index contributed by atoms with van der Waals surface area (Å²) in [6.07, 6.45) is 2.20. The highest BCUT2D eigenvalue weighted by Gasteiger charge is 2.11. The van der Waals surface area contributed by atoms with Gasteiger partial charge in [0.15, 0.2) is 5.78 Å². The lowest BCUT2D eigenvalue weighted by atomic mass is 9.98. The van der Waals surface area contributed by atoms with E-state index in [0.29, 0.717) is 23.2 Å². The summed E-state index contributed by atoms with van der Waals surface area (Å²) in [5.41, 5.74) is 8.35. The lowest BCUT2D eigenvalue weighted by molar-refractivity contribution is -0.112. The molecule has 2 N–H and O–H groups in total. The third kappa shape index (κ3) is 4.88. The largest absolute Gasteiger partial charge is 0.465 e. The molecule has 0 aliphatic carbocycles. The van der Waals surface area contributed by atoms with E-state index in [0.717, 1.165) is 5.57 Å². The van der Waals surface area contributed by atoms with Crippen LogP contribution >= 0.6 is 0 Å². The fourth-order valence-corrected chi connectivity index (χ4v) is 1.69. The van der Waals surface area contributed by atoms with Crippen LogP contribution in [0.3, 0.4) is 0 Å². The first-order chi connectivity index (χ1) is 9.49. The number of nitrogens with two attached hydrogens (primary N) is 1. The predicted molar refractivity (Wildman–Crippen MR) is 82.5 cm³/mol. The van der Waals surface area contributed by atoms with Crippen molar-refractivity contribution in [3.8, 4) is 0 Å². The van der Waals surface area contributed by atoms with Crippen LogP contribution in [0.5, 0.6) is 0 Å². The van der Waals surface area contributed by atoms with Gasteiger partial charge in [-0.3, -0.25) is 4.79 Å². The van der Waals surface area contributed by atoms with Gasteiger partial charge in [0.2, 0.25) is 0 Å². The number of allylic oxidation sites excluding steroid dienone is 2. The molecule has 0 radical (unpaired) electrons. The van der Waals surface area contributed by atoms with Gasteiger partial charge in [0.05, 0.1) is 12.7 Å². The Morgan fingerprint density at radius 1 is 1.30 bits per heavy atom. The Morgan fingerprint density at radius 2 is 1.90 bits per heavy atom. The molecule has 1 aromatic rings. The Morgan fingerprint density at radius 3 is 2.35 bits per heavy atom. The normalized spacial score (nSPS) is 10.3. The number of ether oxygens (including phenoxy) is 1. The molecule has 20 heavy (non-hydrogen) atoms. The SMILES string of the molecule is CC.CC/C(=C\C(C)=O)c1cc(C(=O)OC)ccc1N. The summed E-state index contributed by atoms with van der Waals surface area (Å²) >= 11 is 0. The summed E-state index contributed by atoms with van der Waals surface area (Å²) in [5, 5.41) is 0. The quantitative estimate of drug-likeness (QED) is 0.520. The molecule has 0 saturated carbocycles. The van der Waals surface area contributed by atoms with Crippen LogP contribution in [0.2, 0.25) is 0 Å². The van der Waals surface area contributed by atoms with Gasteiger partial charge >= 0.3 is 5.97 Å². The Hall–Kier alpha value is -2.10. The third-order valence-electron chi connectivity index (χ3n) is 2.58. The van der Waals surface area contributed by atoms with Crippen molar-refractivity contribution >= 4 is 23.0 Å². The predicted octanol–water partition coefficient (Wildman–Crippen LogP) is 3.46. The lowest BCUT2D eigenvalue weighted by Crippen LogP contribution is -2.04. The number of benzene rings is 1. The van der Waals surface area contributed by atoms with E-state index in [1.165, 1.54) is 20.1 Å². The van der Waals surface area contributed by atoms with E-state index in [2.05, 4.69) is 4.74 Å². The molecule has 0 aliphatic rings. The average molecular weight is 277 g/mol. The van der Waals surface area contributed by atoms with E-state index < -0.39 is 5.97 Å². The van der Waals surface area contributed by atoms with Gasteiger partial charge in [0, 0.05) is 11.3 Å². The topological polar surface area (TPSA) is 69.4 Å². The van der Waals surface area contributed by atoms with Gasteiger partial charge in [-0.1, -0.05) is 20.8 Å². The molecule has 4 heteroatoms. The van der Waals surface area contributed by atoms with Crippen LogP contribution in [0.25, 0.3) is 5.57 Å². The van der Waals surface area contributed by atoms with Gasteiger partial charge in [-0.2, -0.15) is 0 Å². The highest BCUT2D eigenvalue weighted by molar-refractivity contribution is 5.98. The summed E-state index contributed by atoms with van der Waals surface area (Å²) in [6, 6.07) is 4.90. The van der Waals surface area contributed by atoms with Crippen LogP contribution < -0.4 is 5.73 Å². The second-order valence-electron chi connectivity index (χ2n) is 3.93. The number of methoxy groups -OCH3 is 1. The van der Waals surface area contributed by atoms with Gasteiger partial charge < -0.3 is 10.5 Å². The summed E-state index contributed by atoms with van der Waals surface area (Å²) in [4.78, 5) is 22.6. The van der Waals surface area contributed by atoms with Gasteiger partial charge in [-0.05, 0) is 43.2 Å². The smallest absolute Gasteiger partial charge is 0.337 e. The summed E-state index contributed by atoms with van der Waals surface area (Å²) < 4.78 is 4.66. The number of hydrogen-bond donors (Lipinski definition) is 1. The first-order valence-corrected chi connectivity index (χ1v) is 6.69. The average Bonchev–Trinajstić information content (AvgIpc) is 2.46. The zero-order chi connectivity index (χ0) is 15.7. The van der Waals surface area contributed by atoms with Crippen LogP contribution in [0.1, 0.15) is 50.0 Å². The molecule has 0 amide bonds. The molecule has 110 valence electrons. The minimum atomic E-state index is -0.422. The van der Waals surface area contributed by atoms with Crippen LogP contribution in [0, 0.1) is 0 Å². The number of carbonyl (C=O) groups is 2. The van der Waals surface area contributed by atoms with E-state index in [-0.39, 0.29) is 5.78 Å². The van der Waals surface area contributed by atoms with E-state index in [1.807, 2.05) is 20.8 Å². The summed E-state index contributed by atoms with van der Waals surface area (Å²) in [5.74, 6) is -0.468. The summed E-state index contributed by atoms with van der Waals surface area (Å²) in [6.45, 7) is 7.41. The minimum absolute atomic E-state index is 0.0466. The maximum atomic E-state index is 11.5. The maximum absolute atomic E-state index is 11.5. The molecular formula is C16H23NO3. The summed E-state index contributed by atoms with van der Waals surface area (Å²) in [7, 11) is 1.32. The molecule has 0 heterocycles. The highest BCUT2D eigenvalue weighted by Crippen LogP contribution is 2.25. The zero-order valence-corrected chi connectivity index (χ0v) is 12.8. The maximum Gasteiger partial charge on any atom is 0.337 e. The third-order valence-corrected chi connectivity index (χ3v) is 2.58. The molecule has 0 spiro atoms. The van der Waals surface area contributed by atoms with Crippen molar-refractivity contribution in [3.05, 3.63) is 35.4 Å². The van der Waals surface area contributed by atoms with Gasteiger partial charge in [-0.25, -0.2) is 4.79 Å². The fraction of sp³-hybridized carbons (Fsp3) is 0.375. The van der Waals surface area contributed by atoms with Gasteiger partial charge in [-0.15, -0.1) is 0 Å². The molecule has 0 aromatic heterocycles. The van der Waals surface area contributed by atoms with Gasteiger partial charge in [0.1, 0.15) is 0 Å². The molecule has 0 unspecified atom stereocenters. The van der Waals surface area contributed by atoms with Crippen LogP contribution in [-0.2, 0) is 9.53 Å². The van der Waals surface area contributed by atoms with Crippen molar-refractivity contribution in [2.75, 3.05) is 12.8 Å². The Kier molecular flexibility index (Phi) is 7.97. The molecular weight excluding hydrogens is 254 g/mol. The second-order valence-corrected chi connectivity index (χ2v) is 3.93. The molecule has 0 bridgehead atoms. The number of esters is 1. The van der Waals surface area contributed by atoms with E-state index in [9.17, 15) is 9.59 Å². The minimum Gasteiger partial charge on any atom is -0.465 e. The number of ketones is 1. The van der Waals surface area contributed by atoms with Crippen molar-refractivity contribution in [2.24, 2.45) is 0 Å². The van der Waals surface area contributed by atoms with Crippen LogP contribution in [0.15, 0.2) is 24.3 Å². The van der Waals surface area contributed by atoms with E-state index in [4.69, 9.17) is 5.73 Å². The lowest BCUT2D eigenvalue weighted by Gasteiger charge is -2.10. The number of rotatable bonds is 4. The number of nitrogen functional groups attached to an aromatic ring is 1. The Labute approximate surface area is 120 Å². The molecule has 1 rings (SSSR count). The standard InChI is InChI=1S/C14H17NO3.C2H6/c1-4-10(7-9(2)16)12-8-11(14(17)18-3)5-6-13(12)15;1-2/h5-8H,4,15H2,1-3H3;1-2H3/b10-7+;. The zero-order valence-electron chi connectivity index (χ0n) is 12.8. The molecule has 1 aromatic carbocycles. The first kappa shape index (κ1) is 17.9. The molecule has 0 fully saturated rings. The first-order valence-electron chi connectivity index (χ1n) is 6.69. The highest BCUT2D eigenvalue weighted by atomic mass is 16.5. The van der Waals surface area contributed by atoms with Gasteiger partial charge in [0.25, 0.3) is 0 Å². The Bertz CT molecular complexity index is 504. The van der Waals surface area contributed by atoms with Crippen LogP contribution in [-0.4, -0.2) is 18.9 Å². The van der Waals surface area contributed by atoms with Crippen molar-refractivity contribution < 1.29 is 14.3 Å². The number of carbonyl (C=O) groups excluding carboxylic acids is 2. The Balaban J connectivity index is 0.00000172. The molecule has 0 aliphatic heterocycles. The molecule has 0 saturated heterocycles. The van der Waals surface area contributed by atoms with Crippen molar-refractivity contribution in [2.45, 2.75) is 34.1 Å². The fourth-order valence-electron chi connectivity index (χ4n) is 1.69. The van der Waals surface area contributed by atoms with Crippen LogP contribution in [0.4, 0.5) is 5.69 Å². The van der Waals surface area contributed by atoms with Crippen molar-refractivity contribution in [3.63, 3.8) is 0 Å². The second kappa shape index (κ2) is 8.91. The molecule has 0 atom stereocenters. The molecule has 4 nitrogen and oxygen atoms in total. The van der Waals surface area contributed by atoms with E-state index >= 15 is 0 Å². The van der Waals surface area contributed by atoms with Crippen molar-refractivity contribution in [1.29, 1.82) is 0 Å². The van der Waals surface area contributed by atoms with Crippen molar-refractivity contribution in [1.82, 2.24) is 0 Å². The number of hydrogen-bond acceptors (Lipinski definition) is 4. The number of anilines is 1. The van der Waals surface area contributed by atoms with E-state index in [1.54, 1.807) is 18.2 Å². The monoisotopic (exact) mass is 277 g/mol.